The van der Waals surface area contributed by atoms with Gasteiger partial charge in [0.1, 0.15) is 5.75 Å². The van der Waals surface area contributed by atoms with E-state index in [1.165, 1.54) is 5.56 Å². The van der Waals surface area contributed by atoms with Crippen molar-refractivity contribution in [3.8, 4) is 5.75 Å². The lowest BCUT2D eigenvalue weighted by atomic mass is 10.0. The topological polar surface area (TPSA) is 58.1 Å². The maximum Gasteiger partial charge on any atom is 0.191 e. The van der Waals surface area contributed by atoms with E-state index in [1.54, 1.807) is 0 Å². The Morgan fingerprint density at radius 3 is 2.54 bits per heavy atom. The fourth-order valence-corrected chi connectivity index (χ4v) is 3.22. The Kier molecular flexibility index (Phi) is 11.1. The molecule has 1 aromatic carbocycles. The first-order valence-corrected chi connectivity index (χ1v) is 10.0. The molecule has 2 rings (SSSR count). The summed E-state index contributed by atoms with van der Waals surface area (Å²) >= 11 is 0. The SMILES string of the molecule is CCNC(=NCc1ccc(OCC)c(C)c1)NCC(C)(C)N1CCOCC1.I. The van der Waals surface area contributed by atoms with Gasteiger partial charge in [-0.3, -0.25) is 4.90 Å². The molecular formula is C21H37IN4O2. The van der Waals surface area contributed by atoms with Crippen LogP contribution in [0.5, 0.6) is 5.75 Å². The van der Waals surface area contributed by atoms with Crippen LogP contribution < -0.4 is 15.4 Å². The number of halogens is 1. The molecule has 0 radical (unpaired) electrons. The number of nitrogens with one attached hydrogen (secondary N) is 2. The van der Waals surface area contributed by atoms with Crippen LogP contribution in [0.3, 0.4) is 0 Å². The normalized spacial score (nSPS) is 15.7. The number of aliphatic imine (C=N–C) groups is 1. The van der Waals surface area contributed by atoms with Crippen molar-refractivity contribution in [3.05, 3.63) is 29.3 Å². The highest BCUT2D eigenvalue weighted by Gasteiger charge is 2.28. The molecule has 160 valence electrons. The number of rotatable bonds is 8. The monoisotopic (exact) mass is 504 g/mol. The summed E-state index contributed by atoms with van der Waals surface area (Å²) in [5, 5.41) is 6.85. The number of hydrogen-bond donors (Lipinski definition) is 2. The van der Waals surface area contributed by atoms with E-state index in [0.29, 0.717) is 13.2 Å². The van der Waals surface area contributed by atoms with Gasteiger partial charge in [0.15, 0.2) is 5.96 Å². The first kappa shape index (κ1) is 25.0. The quantitative estimate of drug-likeness (QED) is 0.324. The summed E-state index contributed by atoms with van der Waals surface area (Å²) in [4.78, 5) is 7.23. The van der Waals surface area contributed by atoms with Gasteiger partial charge in [-0.1, -0.05) is 12.1 Å². The lowest BCUT2D eigenvalue weighted by molar-refractivity contribution is -0.00834. The average Bonchev–Trinajstić information content (AvgIpc) is 2.67. The largest absolute Gasteiger partial charge is 0.494 e. The molecule has 0 aliphatic carbocycles. The van der Waals surface area contributed by atoms with Crippen LogP contribution in [0.25, 0.3) is 0 Å². The summed E-state index contributed by atoms with van der Waals surface area (Å²) in [6, 6.07) is 6.27. The first-order valence-electron chi connectivity index (χ1n) is 10.0. The number of benzene rings is 1. The van der Waals surface area contributed by atoms with E-state index in [1.807, 2.05) is 13.0 Å². The van der Waals surface area contributed by atoms with E-state index in [9.17, 15) is 0 Å². The fraction of sp³-hybridized carbons (Fsp3) is 0.667. The maximum atomic E-state index is 5.62. The van der Waals surface area contributed by atoms with E-state index < -0.39 is 0 Å². The molecule has 1 saturated heterocycles. The van der Waals surface area contributed by atoms with Gasteiger partial charge in [0.05, 0.1) is 26.4 Å². The maximum absolute atomic E-state index is 5.62. The Morgan fingerprint density at radius 2 is 1.93 bits per heavy atom. The van der Waals surface area contributed by atoms with Crippen molar-refractivity contribution in [1.82, 2.24) is 15.5 Å². The Morgan fingerprint density at radius 1 is 1.21 bits per heavy atom. The van der Waals surface area contributed by atoms with Gasteiger partial charge in [-0.2, -0.15) is 0 Å². The van der Waals surface area contributed by atoms with Gasteiger partial charge in [-0.15, -0.1) is 24.0 Å². The third-order valence-electron chi connectivity index (χ3n) is 4.86. The number of morpholine rings is 1. The van der Waals surface area contributed by atoms with Crippen molar-refractivity contribution < 1.29 is 9.47 Å². The molecular weight excluding hydrogens is 467 g/mol. The van der Waals surface area contributed by atoms with Crippen molar-refractivity contribution in [2.45, 2.75) is 46.7 Å². The lowest BCUT2D eigenvalue weighted by Crippen LogP contribution is -2.56. The highest BCUT2D eigenvalue weighted by atomic mass is 127. The van der Waals surface area contributed by atoms with Crippen LogP contribution >= 0.6 is 24.0 Å². The average molecular weight is 504 g/mol. The van der Waals surface area contributed by atoms with Crippen molar-refractivity contribution in [2.24, 2.45) is 4.99 Å². The van der Waals surface area contributed by atoms with Crippen LogP contribution in [0.2, 0.25) is 0 Å². The van der Waals surface area contributed by atoms with E-state index in [0.717, 1.165) is 56.7 Å². The van der Waals surface area contributed by atoms with Crippen LogP contribution in [-0.2, 0) is 11.3 Å². The molecule has 0 spiro atoms. The predicted molar refractivity (Wildman–Crippen MR) is 127 cm³/mol. The van der Waals surface area contributed by atoms with Crippen LogP contribution in [-0.4, -0.2) is 62.4 Å². The van der Waals surface area contributed by atoms with Crippen LogP contribution in [0, 0.1) is 6.92 Å². The molecule has 7 heteroatoms. The van der Waals surface area contributed by atoms with Gasteiger partial charge in [0.25, 0.3) is 0 Å². The number of aryl methyl sites for hydroxylation is 1. The van der Waals surface area contributed by atoms with Crippen LogP contribution in [0.4, 0.5) is 0 Å². The van der Waals surface area contributed by atoms with Crippen molar-refractivity contribution >= 4 is 29.9 Å². The van der Waals surface area contributed by atoms with E-state index in [-0.39, 0.29) is 29.5 Å². The molecule has 0 atom stereocenters. The Hall–Kier alpha value is -1.06. The lowest BCUT2D eigenvalue weighted by Gasteiger charge is -2.41. The van der Waals surface area contributed by atoms with E-state index >= 15 is 0 Å². The molecule has 1 heterocycles. The molecule has 1 aliphatic heterocycles. The zero-order valence-corrected chi connectivity index (χ0v) is 20.3. The third kappa shape index (κ3) is 7.75. The molecule has 0 bridgehead atoms. The van der Waals surface area contributed by atoms with Crippen molar-refractivity contribution in [3.63, 3.8) is 0 Å². The molecule has 1 aliphatic rings. The smallest absolute Gasteiger partial charge is 0.191 e. The fourth-order valence-electron chi connectivity index (χ4n) is 3.22. The van der Waals surface area contributed by atoms with Gasteiger partial charge >= 0.3 is 0 Å². The number of hydrogen-bond acceptors (Lipinski definition) is 4. The highest BCUT2D eigenvalue weighted by molar-refractivity contribution is 14.0. The number of nitrogens with zero attached hydrogens (tertiary/aromatic N) is 2. The van der Waals surface area contributed by atoms with Crippen LogP contribution in [0.1, 0.15) is 38.8 Å². The van der Waals surface area contributed by atoms with Gasteiger partial charge < -0.3 is 20.1 Å². The van der Waals surface area contributed by atoms with Crippen molar-refractivity contribution in [1.29, 1.82) is 0 Å². The first-order chi connectivity index (χ1) is 13.0. The minimum absolute atomic E-state index is 0. The summed E-state index contributed by atoms with van der Waals surface area (Å²) in [5.41, 5.74) is 2.38. The molecule has 6 nitrogen and oxygen atoms in total. The second-order valence-electron chi connectivity index (χ2n) is 7.49. The van der Waals surface area contributed by atoms with Gasteiger partial charge in [0.2, 0.25) is 0 Å². The zero-order valence-electron chi connectivity index (χ0n) is 18.0. The number of ether oxygens (including phenoxy) is 2. The molecule has 1 aromatic rings. The van der Waals surface area contributed by atoms with E-state index in [2.05, 4.69) is 55.4 Å². The molecule has 0 unspecified atom stereocenters. The summed E-state index contributed by atoms with van der Waals surface area (Å²) < 4.78 is 11.1. The minimum Gasteiger partial charge on any atom is -0.494 e. The number of guanidine groups is 1. The summed E-state index contributed by atoms with van der Waals surface area (Å²) in [7, 11) is 0. The second-order valence-corrected chi connectivity index (χ2v) is 7.49. The Balaban J connectivity index is 0.00000392. The van der Waals surface area contributed by atoms with E-state index in [4.69, 9.17) is 14.5 Å². The molecule has 28 heavy (non-hydrogen) atoms. The molecule has 0 amide bonds. The van der Waals surface area contributed by atoms with Gasteiger partial charge in [-0.05, 0) is 51.8 Å². The molecule has 0 saturated carbocycles. The van der Waals surface area contributed by atoms with Gasteiger partial charge in [0, 0.05) is 31.7 Å². The van der Waals surface area contributed by atoms with Crippen LogP contribution in [0.15, 0.2) is 23.2 Å². The standard InChI is InChI=1S/C21H36N4O2.HI/c1-6-22-20(24-16-21(4,5)25-10-12-26-13-11-25)23-15-18-8-9-19(27-7-2)17(3)14-18;/h8-9,14H,6-7,10-13,15-16H2,1-5H3,(H2,22,23,24);1H. The summed E-state index contributed by atoms with van der Waals surface area (Å²) in [6.45, 7) is 17.3. The predicted octanol–water partition coefficient (Wildman–Crippen LogP) is 3.18. The van der Waals surface area contributed by atoms with Gasteiger partial charge in [-0.25, -0.2) is 4.99 Å². The Bertz CT molecular complexity index is 616. The van der Waals surface area contributed by atoms with Crippen molar-refractivity contribution in [2.75, 3.05) is 46.0 Å². The molecule has 2 N–H and O–H groups in total. The zero-order chi connectivity index (χ0) is 19.7. The second kappa shape index (κ2) is 12.5. The Labute approximate surface area is 187 Å². The minimum atomic E-state index is 0. The third-order valence-corrected chi connectivity index (χ3v) is 4.86. The molecule has 1 fully saturated rings. The molecule has 0 aromatic heterocycles. The summed E-state index contributed by atoms with van der Waals surface area (Å²) in [6.07, 6.45) is 0. The highest BCUT2D eigenvalue weighted by Crippen LogP contribution is 2.19. The summed E-state index contributed by atoms with van der Waals surface area (Å²) in [5.74, 6) is 1.80.